The Kier molecular flexibility index (Phi) is 6.25. The van der Waals surface area contributed by atoms with Crippen LogP contribution in [0.25, 0.3) is 0 Å². The normalized spacial score (nSPS) is 27.7. The lowest BCUT2D eigenvalue weighted by Gasteiger charge is -2.35. The summed E-state index contributed by atoms with van der Waals surface area (Å²) in [5.74, 6) is 0. The maximum Gasteiger partial charge on any atom is 0.330 e. The first-order chi connectivity index (χ1) is 12.7. The Morgan fingerprint density at radius 3 is 2.62 bits per heavy atom. The van der Waals surface area contributed by atoms with Crippen molar-refractivity contribution in [1.82, 2.24) is 14.2 Å². The number of ether oxygens (including phenoxy) is 1. The van der Waals surface area contributed by atoms with Crippen molar-refractivity contribution in [2.24, 2.45) is 0 Å². The van der Waals surface area contributed by atoms with Gasteiger partial charge >= 0.3 is 5.69 Å². The topological polar surface area (TPSA) is 76.6 Å². The third-order valence-corrected chi connectivity index (χ3v) is 6.00. The first-order valence-electron chi connectivity index (χ1n) is 9.03. The average molecular weight is 386 g/mol. The number of hydrogen-bond donors (Lipinski definition) is 1. The van der Waals surface area contributed by atoms with E-state index in [0.29, 0.717) is 0 Å². The molecule has 0 amide bonds. The second kappa shape index (κ2) is 8.45. The van der Waals surface area contributed by atoms with E-state index in [1.54, 1.807) is 0 Å². The molecule has 1 N–H and O–H groups in total. The Hall–Kier alpha value is -1.52. The molecular weight excluding hydrogens is 360 g/mol. The Morgan fingerprint density at radius 1 is 1.46 bits per heavy atom. The Labute approximate surface area is 154 Å². The van der Waals surface area contributed by atoms with E-state index < -0.39 is 44.2 Å². The summed E-state index contributed by atoms with van der Waals surface area (Å²) in [7, 11) is -1.56. The first-order valence-corrected chi connectivity index (χ1v) is 9.54. The molecule has 0 radical (unpaired) electrons. The maximum atomic E-state index is 15.2. The Balaban J connectivity index is 2.29. The molecule has 0 bridgehead atoms. The maximum absolute atomic E-state index is 15.2. The molecule has 1 aromatic rings. The summed E-state index contributed by atoms with van der Waals surface area (Å²) >= 11 is 0. The Morgan fingerprint density at radius 2 is 2.12 bits per heavy atom. The minimum Gasteiger partial charge on any atom is -0.349 e. The van der Waals surface area contributed by atoms with Crippen LogP contribution in [0.1, 0.15) is 42.2 Å². The first kappa shape index (κ1) is 19.2. The molecule has 1 aliphatic heterocycles. The van der Waals surface area contributed by atoms with Crippen LogP contribution in [0, 0.1) is 12.1 Å². The molecule has 2 rings (SSSR count). The minimum atomic E-state index is -1.72. The van der Waals surface area contributed by atoms with Crippen molar-refractivity contribution in [1.29, 1.82) is 0 Å². The molecule has 0 spiro atoms. The number of alkyl halides is 1. The second-order valence-corrected chi connectivity index (χ2v) is 8.04. The predicted octanol–water partition coefficient (Wildman–Crippen LogP) is 2.20. The van der Waals surface area contributed by atoms with Gasteiger partial charge in [0.1, 0.15) is 6.10 Å². The van der Waals surface area contributed by atoms with Crippen LogP contribution in [0.4, 0.5) is 4.39 Å². The number of nitrogens with one attached hydrogen (secondary N) is 1. The van der Waals surface area contributed by atoms with E-state index in [1.807, 2.05) is 32.4 Å². The Bertz CT molecular complexity index is 785. The van der Waals surface area contributed by atoms with Gasteiger partial charge in [0.15, 0.2) is 20.7 Å². The molecule has 2 heterocycles. The number of terminal acetylenes is 1. The van der Waals surface area contributed by atoms with Gasteiger partial charge in [-0.1, -0.05) is 0 Å². The molecule has 0 aliphatic carbocycles. The second-order valence-electron chi connectivity index (χ2n) is 6.57. The zero-order valence-electron chi connectivity index (χ0n) is 16.3. The molecule has 0 saturated carbocycles. The van der Waals surface area contributed by atoms with Crippen LogP contribution in [0.2, 0.25) is 0 Å². The van der Waals surface area contributed by atoms with Gasteiger partial charge in [-0.3, -0.25) is 14.3 Å². The fraction of sp³-hybridized carbons (Fsp3) is 0.647. The van der Waals surface area contributed by atoms with Gasteiger partial charge in [0.2, 0.25) is 0 Å². The van der Waals surface area contributed by atoms with Gasteiger partial charge in [0.25, 0.3) is 5.56 Å². The quantitative estimate of drug-likeness (QED) is 0.599. The smallest absolute Gasteiger partial charge is 0.330 e. The predicted molar refractivity (Wildman–Crippen MR) is 98.5 cm³/mol. The summed E-state index contributed by atoms with van der Waals surface area (Å²) in [5.41, 5.74) is 1.22. The molecule has 1 aliphatic rings. The van der Waals surface area contributed by atoms with Crippen LogP contribution < -0.4 is 11.2 Å². The van der Waals surface area contributed by atoms with Crippen molar-refractivity contribution in [3.63, 3.8) is 0 Å². The van der Waals surface area contributed by atoms with Crippen LogP contribution >= 0.6 is 8.30 Å². The van der Waals surface area contributed by atoms with Gasteiger partial charge in [0, 0.05) is 25.7 Å². The van der Waals surface area contributed by atoms with Crippen molar-refractivity contribution < 1.29 is 15.0 Å². The lowest BCUT2D eigenvalue weighted by molar-refractivity contribution is -0.0174. The highest BCUT2D eigenvalue weighted by molar-refractivity contribution is 7.55. The van der Waals surface area contributed by atoms with E-state index in [0.717, 1.165) is 10.6 Å². The summed E-state index contributed by atoms with van der Waals surface area (Å²) < 4.78 is 37.2. The SMILES string of the molecule is [2H]CC1OC(n2ccc(=O)[nH]c2=O)C(F)C1OP(C#C)N(C(C)C)C(C)C. The number of aromatic nitrogens is 2. The van der Waals surface area contributed by atoms with Gasteiger partial charge in [-0.25, -0.2) is 13.9 Å². The van der Waals surface area contributed by atoms with Gasteiger partial charge in [-0.2, -0.15) is 0 Å². The van der Waals surface area contributed by atoms with Crippen molar-refractivity contribution in [3.8, 4) is 12.1 Å². The highest BCUT2D eigenvalue weighted by atomic mass is 31.2. The molecule has 7 nitrogen and oxygen atoms in total. The van der Waals surface area contributed by atoms with E-state index in [-0.39, 0.29) is 19.0 Å². The third-order valence-electron chi connectivity index (χ3n) is 3.99. The lowest BCUT2D eigenvalue weighted by atomic mass is 10.2. The van der Waals surface area contributed by atoms with Gasteiger partial charge < -0.3 is 9.26 Å². The number of aromatic amines is 1. The van der Waals surface area contributed by atoms with Crippen LogP contribution in [-0.4, -0.2) is 44.7 Å². The largest absolute Gasteiger partial charge is 0.349 e. The molecule has 1 fully saturated rings. The van der Waals surface area contributed by atoms with Crippen LogP contribution in [0.5, 0.6) is 0 Å². The van der Waals surface area contributed by atoms with E-state index in [2.05, 4.69) is 10.6 Å². The summed E-state index contributed by atoms with van der Waals surface area (Å²) in [5, 5.41) is 0. The molecule has 0 aromatic carbocycles. The summed E-state index contributed by atoms with van der Waals surface area (Å²) in [6.07, 6.45) is 1.83. The fourth-order valence-electron chi connectivity index (χ4n) is 2.95. The number of nitrogens with zero attached hydrogens (tertiary/aromatic N) is 2. The van der Waals surface area contributed by atoms with Gasteiger partial charge in [-0.05, 0) is 40.3 Å². The number of hydrogen-bond acceptors (Lipinski definition) is 5. The van der Waals surface area contributed by atoms with E-state index in [9.17, 15) is 9.59 Å². The highest BCUT2D eigenvalue weighted by Crippen LogP contribution is 2.48. The zero-order valence-corrected chi connectivity index (χ0v) is 16.2. The standard InChI is InChI=1S/C17H25FN3O4P/c1-7-26(21(10(2)3)11(4)5)25-15-12(6)24-16(14(15)18)20-9-8-13(22)19-17(20)23/h1,8-12,14-16H,2-6H3,(H,19,22,23)/i6D. The molecule has 1 saturated heterocycles. The summed E-state index contributed by atoms with van der Waals surface area (Å²) in [6.45, 7) is 7.63. The van der Waals surface area contributed by atoms with E-state index in [1.165, 1.54) is 6.20 Å². The van der Waals surface area contributed by atoms with Crippen molar-refractivity contribution >= 4 is 8.30 Å². The molecule has 5 unspecified atom stereocenters. The number of H-pyrrole nitrogens is 1. The van der Waals surface area contributed by atoms with E-state index in [4.69, 9.17) is 17.1 Å². The summed E-state index contributed by atoms with van der Waals surface area (Å²) in [4.78, 5) is 25.3. The zero-order chi connectivity index (χ0) is 20.3. The van der Waals surface area contributed by atoms with Crippen molar-refractivity contribution in [2.45, 2.75) is 71.3 Å². The number of rotatable bonds is 6. The average Bonchev–Trinajstić information content (AvgIpc) is 2.89. The molecule has 1 aromatic heterocycles. The fourth-order valence-corrected chi connectivity index (χ4v) is 4.58. The van der Waals surface area contributed by atoms with Crippen molar-refractivity contribution in [3.05, 3.63) is 33.1 Å². The minimum absolute atomic E-state index is 0.0830. The van der Waals surface area contributed by atoms with Crippen molar-refractivity contribution in [2.75, 3.05) is 0 Å². The molecule has 9 heteroatoms. The van der Waals surface area contributed by atoms with Crippen LogP contribution in [0.15, 0.2) is 21.9 Å². The van der Waals surface area contributed by atoms with Crippen LogP contribution in [-0.2, 0) is 9.26 Å². The molecular formula is C17H25FN3O4P. The monoisotopic (exact) mass is 386 g/mol. The van der Waals surface area contributed by atoms with E-state index >= 15 is 4.39 Å². The molecule has 26 heavy (non-hydrogen) atoms. The van der Waals surface area contributed by atoms with Gasteiger partial charge in [0.05, 0.1) is 6.10 Å². The van der Waals surface area contributed by atoms with Crippen LogP contribution in [0.3, 0.4) is 0 Å². The number of halogens is 1. The highest BCUT2D eigenvalue weighted by Gasteiger charge is 2.47. The lowest BCUT2D eigenvalue weighted by Crippen LogP contribution is -2.38. The molecule has 144 valence electrons. The summed E-state index contributed by atoms with van der Waals surface area (Å²) in [6, 6.07) is 1.27. The van der Waals surface area contributed by atoms with Gasteiger partial charge in [-0.15, -0.1) is 6.42 Å². The molecule has 5 atom stereocenters. The third kappa shape index (κ3) is 4.24.